The average molecular weight is 318 g/mol. The fourth-order valence-corrected chi connectivity index (χ4v) is 1.77. The van der Waals surface area contributed by atoms with Crippen LogP contribution >= 0.6 is 0 Å². The SMILES string of the molecule is CCCCO.Cc1cccc(C)c1O.Cc1cccc(C)c1O. The van der Waals surface area contributed by atoms with Crippen molar-refractivity contribution in [3.8, 4) is 11.5 Å². The van der Waals surface area contributed by atoms with Crippen LogP contribution < -0.4 is 0 Å². The molecule has 0 unspecified atom stereocenters. The lowest BCUT2D eigenvalue weighted by Crippen LogP contribution is -1.76. The van der Waals surface area contributed by atoms with Crippen molar-refractivity contribution in [1.82, 2.24) is 0 Å². The number of aromatic hydroxyl groups is 2. The Morgan fingerprint density at radius 2 is 1.00 bits per heavy atom. The summed E-state index contributed by atoms with van der Waals surface area (Å²) < 4.78 is 0. The molecule has 2 aromatic rings. The maximum Gasteiger partial charge on any atom is 0.121 e. The Bertz CT molecular complexity index is 485. The Labute approximate surface area is 140 Å². The van der Waals surface area contributed by atoms with Crippen LogP contribution in [0.1, 0.15) is 42.0 Å². The van der Waals surface area contributed by atoms with Gasteiger partial charge in [-0.15, -0.1) is 0 Å². The predicted molar refractivity (Wildman–Crippen MR) is 97.2 cm³/mol. The number of aryl methyl sites for hydroxylation is 4. The highest BCUT2D eigenvalue weighted by molar-refractivity contribution is 5.38. The average Bonchev–Trinajstić information content (AvgIpc) is 2.52. The second-order valence-corrected chi connectivity index (χ2v) is 5.56. The van der Waals surface area contributed by atoms with Crippen LogP contribution in [0.4, 0.5) is 0 Å². The number of hydrogen-bond acceptors (Lipinski definition) is 3. The van der Waals surface area contributed by atoms with E-state index in [0.29, 0.717) is 18.1 Å². The highest BCUT2D eigenvalue weighted by Crippen LogP contribution is 2.19. The highest BCUT2D eigenvalue weighted by atomic mass is 16.3. The van der Waals surface area contributed by atoms with E-state index in [1.165, 1.54) is 0 Å². The van der Waals surface area contributed by atoms with E-state index in [1.54, 1.807) is 0 Å². The van der Waals surface area contributed by atoms with E-state index in [-0.39, 0.29) is 0 Å². The van der Waals surface area contributed by atoms with Gasteiger partial charge in [-0.1, -0.05) is 49.7 Å². The molecular formula is C20H30O3. The normalized spacial score (nSPS) is 9.30. The van der Waals surface area contributed by atoms with Crippen molar-refractivity contribution in [2.24, 2.45) is 0 Å². The number of benzene rings is 2. The van der Waals surface area contributed by atoms with Crippen LogP contribution in [-0.4, -0.2) is 21.9 Å². The summed E-state index contributed by atoms with van der Waals surface area (Å²) >= 11 is 0. The van der Waals surface area contributed by atoms with Crippen LogP contribution in [0.3, 0.4) is 0 Å². The van der Waals surface area contributed by atoms with E-state index in [4.69, 9.17) is 5.11 Å². The van der Waals surface area contributed by atoms with Gasteiger partial charge < -0.3 is 15.3 Å². The van der Waals surface area contributed by atoms with E-state index in [2.05, 4.69) is 6.92 Å². The number of para-hydroxylation sites is 2. The van der Waals surface area contributed by atoms with Crippen LogP contribution in [0.5, 0.6) is 11.5 Å². The van der Waals surface area contributed by atoms with Crippen LogP contribution in [-0.2, 0) is 0 Å². The van der Waals surface area contributed by atoms with E-state index >= 15 is 0 Å². The minimum absolute atomic E-state index is 0.344. The number of phenols is 2. The van der Waals surface area contributed by atoms with E-state index < -0.39 is 0 Å². The fourth-order valence-electron chi connectivity index (χ4n) is 1.77. The molecule has 0 fully saturated rings. The van der Waals surface area contributed by atoms with Gasteiger partial charge in [0.05, 0.1) is 0 Å². The molecule has 3 nitrogen and oxygen atoms in total. The third-order valence-electron chi connectivity index (χ3n) is 3.39. The number of hydrogen-bond donors (Lipinski definition) is 3. The molecule has 0 bridgehead atoms. The van der Waals surface area contributed by atoms with Crippen LogP contribution in [0.25, 0.3) is 0 Å². The lowest BCUT2D eigenvalue weighted by atomic mass is 10.1. The van der Waals surface area contributed by atoms with Gasteiger partial charge in [0.25, 0.3) is 0 Å². The largest absolute Gasteiger partial charge is 0.507 e. The second kappa shape index (κ2) is 11.6. The Balaban J connectivity index is 0.000000332. The molecule has 0 aliphatic rings. The van der Waals surface area contributed by atoms with Gasteiger partial charge in [0.15, 0.2) is 0 Å². The molecule has 23 heavy (non-hydrogen) atoms. The molecule has 0 aliphatic heterocycles. The molecule has 3 N–H and O–H groups in total. The van der Waals surface area contributed by atoms with Gasteiger partial charge in [-0.2, -0.15) is 0 Å². The first-order chi connectivity index (χ1) is 10.8. The zero-order chi connectivity index (χ0) is 17.8. The predicted octanol–water partition coefficient (Wildman–Crippen LogP) is 4.80. The van der Waals surface area contributed by atoms with Crippen molar-refractivity contribution in [2.45, 2.75) is 47.5 Å². The third-order valence-corrected chi connectivity index (χ3v) is 3.39. The lowest BCUT2D eigenvalue weighted by molar-refractivity contribution is 0.287. The van der Waals surface area contributed by atoms with Gasteiger partial charge in [0.1, 0.15) is 11.5 Å². The van der Waals surface area contributed by atoms with Crippen molar-refractivity contribution in [3.05, 3.63) is 58.7 Å². The van der Waals surface area contributed by atoms with Crippen molar-refractivity contribution >= 4 is 0 Å². The molecular weight excluding hydrogens is 288 g/mol. The van der Waals surface area contributed by atoms with Crippen molar-refractivity contribution in [1.29, 1.82) is 0 Å². The minimum atomic E-state index is 0.344. The van der Waals surface area contributed by atoms with Gasteiger partial charge >= 0.3 is 0 Å². The summed E-state index contributed by atoms with van der Waals surface area (Å²) in [5, 5.41) is 26.5. The van der Waals surface area contributed by atoms with E-state index in [1.807, 2.05) is 64.1 Å². The molecule has 0 saturated carbocycles. The minimum Gasteiger partial charge on any atom is -0.507 e. The number of unbranched alkanes of at least 4 members (excludes halogenated alkanes) is 1. The zero-order valence-corrected chi connectivity index (χ0v) is 14.9. The number of aliphatic hydroxyl groups is 1. The van der Waals surface area contributed by atoms with Gasteiger partial charge in [-0.05, 0) is 56.4 Å². The number of rotatable bonds is 2. The van der Waals surface area contributed by atoms with Gasteiger partial charge in [-0.3, -0.25) is 0 Å². The van der Waals surface area contributed by atoms with Crippen molar-refractivity contribution in [3.63, 3.8) is 0 Å². The maximum atomic E-state index is 9.21. The first kappa shape index (κ1) is 21.0. The van der Waals surface area contributed by atoms with Crippen molar-refractivity contribution in [2.75, 3.05) is 6.61 Å². The van der Waals surface area contributed by atoms with E-state index in [0.717, 1.165) is 35.1 Å². The molecule has 128 valence electrons. The van der Waals surface area contributed by atoms with Crippen LogP contribution in [0.2, 0.25) is 0 Å². The quantitative estimate of drug-likeness (QED) is 0.745. The fraction of sp³-hybridized carbons (Fsp3) is 0.400. The Morgan fingerprint density at radius 1 is 0.696 bits per heavy atom. The highest BCUT2D eigenvalue weighted by Gasteiger charge is 1.95. The van der Waals surface area contributed by atoms with Gasteiger partial charge in [0, 0.05) is 6.61 Å². The van der Waals surface area contributed by atoms with Gasteiger partial charge in [0.2, 0.25) is 0 Å². The van der Waals surface area contributed by atoms with Crippen LogP contribution in [0.15, 0.2) is 36.4 Å². The Kier molecular flexibility index (Phi) is 10.5. The zero-order valence-electron chi connectivity index (χ0n) is 14.9. The summed E-state index contributed by atoms with van der Waals surface area (Å²) in [6.45, 7) is 9.96. The summed E-state index contributed by atoms with van der Waals surface area (Å²) in [6.07, 6.45) is 2.04. The summed E-state index contributed by atoms with van der Waals surface area (Å²) in [5.41, 5.74) is 3.76. The molecule has 0 heterocycles. The third kappa shape index (κ3) is 8.27. The lowest BCUT2D eigenvalue weighted by Gasteiger charge is -1.99. The summed E-state index contributed by atoms with van der Waals surface area (Å²) in [5.74, 6) is 0.829. The first-order valence-electron chi connectivity index (χ1n) is 7.96. The smallest absolute Gasteiger partial charge is 0.121 e. The van der Waals surface area contributed by atoms with Gasteiger partial charge in [-0.25, -0.2) is 0 Å². The van der Waals surface area contributed by atoms with E-state index in [9.17, 15) is 10.2 Å². The number of aliphatic hydroxyl groups excluding tert-OH is 1. The Morgan fingerprint density at radius 3 is 1.13 bits per heavy atom. The molecule has 0 radical (unpaired) electrons. The topological polar surface area (TPSA) is 60.7 Å². The van der Waals surface area contributed by atoms with Crippen molar-refractivity contribution < 1.29 is 15.3 Å². The molecule has 0 atom stereocenters. The monoisotopic (exact) mass is 318 g/mol. The molecule has 0 spiro atoms. The summed E-state index contributed by atoms with van der Waals surface area (Å²) in [6, 6.07) is 11.4. The molecule has 0 aromatic heterocycles. The standard InChI is InChI=1S/2C8H10O.C4H10O/c2*1-6-4-3-5-7(2)8(6)9;1-2-3-4-5/h2*3-5,9H,1-2H3;5H,2-4H2,1H3. The van der Waals surface area contributed by atoms with Crippen LogP contribution in [0, 0.1) is 27.7 Å². The molecule has 2 rings (SSSR count). The first-order valence-corrected chi connectivity index (χ1v) is 7.96. The molecule has 0 aliphatic carbocycles. The molecule has 0 amide bonds. The molecule has 2 aromatic carbocycles. The molecule has 0 saturated heterocycles. The number of phenolic OH excluding ortho intramolecular Hbond substituents is 2. The summed E-state index contributed by atoms with van der Waals surface area (Å²) in [7, 11) is 0. The molecule has 3 heteroatoms. The maximum absolute atomic E-state index is 9.21. The summed E-state index contributed by atoms with van der Waals surface area (Å²) in [4.78, 5) is 0. The second-order valence-electron chi connectivity index (χ2n) is 5.56. The Hall–Kier alpha value is -2.00.